The summed E-state index contributed by atoms with van der Waals surface area (Å²) in [6.45, 7) is 0. The van der Waals surface area contributed by atoms with Crippen LogP contribution in [0.25, 0.3) is 10.9 Å². The number of aromatic nitrogens is 1. The van der Waals surface area contributed by atoms with Crippen LogP contribution in [0.4, 0.5) is 18.9 Å². The van der Waals surface area contributed by atoms with Gasteiger partial charge in [-0.25, -0.2) is 0 Å². The molecule has 0 saturated heterocycles. The van der Waals surface area contributed by atoms with Crippen molar-refractivity contribution in [2.24, 2.45) is 0 Å². The molecule has 0 unspecified atom stereocenters. The van der Waals surface area contributed by atoms with Crippen LogP contribution < -0.4 is 0 Å². The number of benzene rings is 2. The average Bonchev–Trinajstić information content (AvgIpc) is 3.37. The second-order valence-corrected chi connectivity index (χ2v) is 7.03. The fraction of sp³-hybridized carbons (Fsp3) is 0.190. The molecule has 0 spiro atoms. The molecule has 1 aliphatic carbocycles. The number of alkyl halides is 3. The Balaban J connectivity index is 1.63. The summed E-state index contributed by atoms with van der Waals surface area (Å²) in [4.78, 5) is 23.3. The fourth-order valence-corrected chi connectivity index (χ4v) is 3.44. The van der Waals surface area contributed by atoms with Gasteiger partial charge in [-0.2, -0.15) is 13.2 Å². The Bertz CT molecular complexity index is 1140. The van der Waals surface area contributed by atoms with Gasteiger partial charge >= 0.3 is 6.18 Å². The summed E-state index contributed by atoms with van der Waals surface area (Å²) < 4.78 is 39.8. The summed E-state index contributed by atoms with van der Waals surface area (Å²) in [5, 5.41) is 11.9. The van der Waals surface area contributed by atoms with Crippen molar-refractivity contribution in [1.82, 2.24) is 4.57 Å². The largest absolute Gasteiger partial charge is 0.416 e. The minimum Gasteiger partial charge on any atom is -0.331 e. The van der Waals surface area contributed by atoms with Crippen LogP contribution in [-0.2, 0) is 11.7 Å². The van der Waals surface area contributed by atoms with Crippen molar-refractivity contribution in [3.63, 3.8) is 0 Å². The molecule has 148 valence electrons. The maximum Gasteiger partial charge on any atom is 0.416 e. The lowest BCUT2D eigenvalue weighted by molar-refractivity contribution is -0.383. The molecule has 4 rings (SSSR count). The first kappa shape index (κ1) is 18.9. The first-order chi connectivity index (χ1) is 13.7. The Morgan fingerprint density at radius 2 is 1.76 bits per heavy atom. The third-order valence-corrected chi connectivity index (χ3v) is 5.17. The number of ketones is 1. The van der Waals surface area contributed by atoms with Gasteiger partial charge in [-0.1, -0.05) is 30.3 Å². The van der Waals surface area contributed by atoms with E-state index in [1.807, 2.05) is 0 Å². The number of rotatable bonds is 5. The molecule has 0 bridgehead atoms. The molecular weight excluding hydrogens is 385 g/mol. The van der Waals surface area contributed by atoms with Gasteiger partial charge in [0.15, 0.2) is 5.78 Å². The Kier molecular flexibility index (Phi) is 4.29. The molecule has 29 heavy (non-hydrogen) atoms. The van der Waals surface area contributed by atoms with Crippen molar-refractivity contribution in [3.05, 3.63) is 88.1 Å². The molecule has 8 heteroatoms. The third-order valence-electron chi connectivity index (χ3n) is 5.17. The highest BCUT2D eigenvalue weighted by molar-refractivity contribution is 6.04. The zero-order valence-electron chi connectivity index (χ0n) is 15.0. The molecule has 2 aromatic carbocycles. The Hall–Kier alpha value is -3.42. The highest BCUT2D eigenvalue weighted by Gasteiger charge is 2.44. The lowest BCUT2D eigenvalue weighted by atomic mass is 10.1. The van der Waals surface area contributed by atoms with Crippen molar-refractivity contribution in [2.75, 3.05) is 0 Å². The summed E-state index contributed by atoms with van der Waals surface area (Å²) in [6.07, 6.45) is 1.45. The molecule has 5 nitrogen and oxygen atoms in total. The van der Waals surface area contributed by atoms with Gasteiger partial charge in [0.2, 0.25) is 0 Å². The van der Waals surface area contributed by atoms with E-state index < -0.39 is 28.0 Å². The van der Waals surface area contributed by atoms with E-state index in [2.05, 4.69) is 0 Å². The standard InChI is InChI=1S/C21H15F3N2O3/c22-21(23,24)15-7-5-14(6-8-15)19(27)9-10-20(11-12-20)25-13-18(26(28)29)16-3-1-2-4-17(16)25/h1-10,13H,11-12H2/b10-9+. The van der Waals surface area contributed by atoms with Gasteiger partial charge in [-0.15, -0.1) is 0 Å². The molecule has 0 radical (unpaired) electrons. The monoisotopic (exact) mass is 400 g/mol. The van der Waals surface area contributed by atoms with Gasteiger partial charge < -0.3 is 4.57 Å². The second kappa shape index (κ2) is 6.58. The molecule has 3 aromatic rings. The maximum absolute atomic E-state index is 12.7. The highest BCUT2D eigenvalue weighted by Crippen LogP contribution is 2.48. The molecule has 0 N–H and O–H groups in total. The molecule has 1 aliphatic rings. The molecule has 0 atom stereocenters. The molecule has 1 fully saturated rings. The van der Waals surface area contributed by atoms with Crippen LogP contribution in [0, 0.1) is 10.1 Å². The van der Waals surface area contributed by atoms with Crippen LogP contribution >= 0.6 is 0 Å². The van der Waals surface area contributed by atoms with Crippen molar-refractivity contribution >= 4 is 22.4 Å². The molecule has 0 amide bonds. The molecule has 1 saturated carbocycles. The van der Waals surface area contributed by atoms with Gasteiger partial charge in [-0.05, 0) is 43.2 Å². The summed E-state index contributed by atoms with van der Waals surface area (Å²) in [6, 6.07) is 11.0. The summed E-state index contributed by atoms with van der Waals surface area (Å²) in [7, 11) is 0. The van der Waals surface area contributed by atoms with E-state index in [-0.39, 0.29) is 11.3 Å². The van der Waals surface area contributed by atoms with E-state index in [1.165, 1.54) is 12.3 Å². The fourth-order valence-electron chi connectivity index (χ4n) is 3.44. The lowest BCUT2D eigenvalue weighted by Crippen LogP contribution is -2.13. The summed E-state index contributed by atoms with van der Waals surface area (Å²) >= 11 is 0. The second-order valence-electron chi connectivity index (χ2n) is 7.03. The minimum absolute atomic E-state index is 0.00524. The SMILES string of the molecule is O=C(/C=C/C1(n2cc([N+](=O)[O-])c3ccccc32)CC1)c1ccc(C(F)(F)F)cc1. The van der Waals surface area contributed by atoms with E-state index in [0.717, 1.165) is 24.3 Å². The number of carbonyl (C=O) groups is 1. The Morgan fingerprint density at radius 1 is 1.10 bits per heavy atom. The maximum atomic E-state index is 12.7. The molecule has 0 aliphatic heterocycles. The number of carbonyl (C=O) groups excluding carboxylic acids is 1. The van der Waals surface area contributed by atoms with Crippen LogP contribution in [-0.4, -0.2) is 15.3 Å². The van der Waals surface area contributed by atoms with Crippen LogP contribution in [0.1, 0.15) is 28.8 Å². The van der Waals surface area contributed by atoms with Gasteiger partial charge in [0.1, 0.15) is 0 Å². The minimum atomic E-state index is -4.46. The summed E-state index contributed by atoms with van der Waals surface area (Å²) in [5.41, 5.74) is -0.524. The van der Waals surface area contributed by atoms with Gasteiger partial charge in [0.05, 0.1) is 33.1 Å². The number of fused-ring (bicyclic) bond motifs is 1. The average molecular weight is 400 g/mol. The van der Waals surface area contributed by atoms with Crippen LogP contribution in [0.2, 0.25) is 0 Å². The van der Waals surface area contributed by atoms with Gasteiger partial charge in [0.25, 0.3) is 5.69 Å². The first-order valence-electron chi connectivity index (χ1n) is 8.87. The van der Waals surface area contributed by atoms with Crippen molar-refractivity contribution < 1.29 is 22.9 Å². The smallest absolute Gasteiger partial charge is 0.331 e. The number of hydrogen-bond donors (Lipinski definition) is 0. The van der Waals surface area contributed by atoms with Gasteiger partial charge in [-0.3, -0.25) is 14.9 Å². The summed E-state index contributed by atoms with van der Waals surface area (Å²) in [5.74, 6) is -0.420. The van der Waals surface area contributed by atoms with Gasteiger partial charge in [0, 0.05) is 5.56 Å². The number of allylic oxidation sites excluding steroid dienone is 2. The first-order valence-corrected chi connectivity index (χ1v) is 8.87. The number of halogens is 3. The van der Waals surface area contributed by atoms with Crippen molar-refractivity contribution in [3.8, 4) is 0 Å². The third kappa shape index (κ3) is 3.41. The van der Waals surface area contributed by atoms with E-state index >= 15 is 0 Å². The number of nitrogens with zero attached hydrogens (tertiary/aromatic N) is 2. The van der Waals surface area contributed by atoms with E-state index in [0.29, 0.717) is 23.7 Å². The van der Waals surface area contributed by atoms with E-state index in [1.54, 1.807) is 34.9 Å². The van der Waals surface area contributed by atoms with Crippen LogP contribution in [0.15, 0.2) is 66.9 Å². The van der Waals surface area contributed by atoms with Crippen LogP contribution in [0.3, 0.4) is 0 Å². The van der Waals surface area contributed by atoms with E-state index in [4.69, 9.17) is 0 Å². The highest BCUT2D eigenvalue weighted by atomic mass is 19.4. The lowest BCUT2D eigenvalue weighted by Gasteiger charge is -2.14. The number of para-hydroxylation sites is 1. The zero-order valence-corrected chi connectivity index (χ0v) is 15.0. The Morgan fingerprint density at radius 3 is 2.34 bits per heavy atom. The quantitative estimate of drug-likeness (QED) is 0.246. The van der Waals surface area contributed by atoms with Crippen molar-refractivity contribution in [2.45, 2.75) is 24.6 Å². The molecular formula is C21H15F3N2O3. The number of hydrogen-bond acceptors (Lipinski definition) is 3. The normalized spacial score (nSPS) is 15.7. The molecule has 1 heterocycles. The van der Waals surface area contributed by atoms with Crippen LogP contribution in [0.5, 0.6) is 0 Å². The predicted molar refractivity (Wildman–Crippen MR) is 101 cm³/mol. The molecule has 1 aromatic heterocycles. The topological polar surface area (TPSA) is 65.1 Å². The predicted octanol–water partition coefficient (Wildman–Crippen LogP) is 5.50. The Labute approximate surface area is 163 Å². The number of nitro groups is 1. The van der Waals surface area contributed by atoms with Crippen molar-refractivity contribution in [1.29, 1.82) is 0 Å². The zero-order chi connectivity index (χ0) is 20.8. The van der Waals surface area contributed by atoms with E-state index in [9.17, 15) is 28.1 Å².